The Bertz CT molecular complexity index is 1120. The van der Waals surface area contributed by atoms with Crippen LogP contribution in [-0.4, -0.2) is 33.6 Å². The van der Waals surface area contributed by atoms with E-state index in [1.54, 1.807) is 35.2 Å². The predicted octanol–water partition coefficient (Wildman–Crippen LogP) is 5.77. The molecule has 0 saturated carbocycles. The Hall–Kier alpha value is -2.68. The maximum Gasteiger partial charge on any atom is 0.322 e. The lowest BCUT2D eigenvalue weighted by Gasteiger charge is -2.23. The number of hydrogen-bond acceptors (Lipinski definition) is 5. The first-order valence-electron chi connectivity index (χ1n) is 9.65. The van der Waals surface area contributed by atoms with Gasteiger partial charge in [0.1, 0.15) is 5.01 Å². The van der Waals surface area contributed by atoms with E-state index in [1.165, 1.54) is 11.3 Å². The van der Waals surface area contributed by atoms with Crippen LogP contribution in [0.5, 0.6) is 0 Å². The topological polar surface area (TPSA) is 87.2 Å². The first kappa shape index (κ1) is 21.5. The molecule has 0 spiro atoms. The summed E-state index contributed by atoms with van der Waals surface area (Å²) in [5.41, 5.74) is 2.19. The fraction of sp³-hybridized carbons (Fsp3) is 0.238. The molecule has 1 aliphatic heterocycles. The van der Waals surface area contributed by atoms with E-state index in [4.69, 9.17) is 23.2 Å². The summed E-state index contributed by atoms with van der Waals surface area (Å²) in [5, 5.41) is 15.9. The Balaban J connectivity index is 1.44. The van der Waals surface area contributed by atoms with Crippen LogP contribution in [0.2, 0.25) is 10.0 Å². The highest BCUT2D eigenvalue weighted by Crippen LogP contribution is 2.34. The van der Waals surface area contributed by atoms with Crippen molar-refractivity contribution in [2.24, 2.45) is 0 Å². The van der Waals surface area contributed by atoms with E-state index in [0.717, 1.165) is 18.4 Å². The second kappa shape index (κ2) is 9.21. The molecule has 1 aromatic heterocycles. The van der Waals surface area contributed by atoms with Crippen LogP contribution in [0.15, 0.2) is 42.5 Å². The number of aromatic nitrogens is 2. The van der Waals surface area contributed by atoms with Crippen LogP contribution in [0.25, 0.3) is 0 Å². The van der Waals surface area contributed by atoms with Crippen molar-refractivity contribution < 1.29 is 9.59 Å². The summed E-state index contributed by atoms with van der Waals surface area (Å²) in [4.78, 5) is 27.1. The SMILES string of the molecule is Cc1ccc(NC(=O)N2CCC[C@@H]2c2nnc(C(=O)Nc3ccc(Cl)cc3)s2)cc1Cl. The first-order valence-corrected chi connectivity index (χ1v) is 11.2. The molecular formula is C21H19Cl2N5O2S. The second-order valence-electron chi connectivity index (χ2n) is 7.15. The number of hydrogen-bond donors (Lipinski definition) is 2. The monoisotopic (exact) mass is 475 g/mol. The summed E-state index contributed by atoms with van der Waals surface area (Å²) >= 11 is 13.2. The van der Waals surface area contributed by atoms with E-state index in [9.17, 15) is 9.59 Å². The van der Waals surface area contributed by atoms with E-state index in [-0.39, 0.29) is 23.0 Å². The van der Waals surface area contributed by atoms with E-state index in [1.807, 2.05) is 19.1 Å². The summed E-state index contributed by atoms with van der Waals surface area (Å²) in [6, 6.07) is 11.7. The van der Waals surface area contributed by atoms with Crippen LogP contribution >= 0.6 is 34.5 Å². The molecule has 2 aromatic carbocycles. The van der Waals surface area contributed by atoms with Gasteiger partial charge in [0.15, 0.2) is 0 Å². The highest BCUT2D eigenvalue weighted by atomic mass is 35.5. The van der Waals surface area contributed by atoms with Crippen LogP contribution in [0, 0.1) is 6.92 Å². The van der Waals surface area contributed by atoms with Gasteiger partial charge in [0.25, 0.3) is 5.91 Å². The molecule has 31 heavy (non-hydrogen) atoms. The summed E-state index contributed by atoms with van der Waals surface area (Å²) in [7, 11) is 0. The molecule has 4 rings (SSSR count). The van der Waals surface area contributed by atoms with Crippen molar-refractivity contribution in [3.63, 3.8) is 0 Å². The number of halogens is 2. The first-order chi connectivity index (χ1) is 14.9. The van der Waals surface area contributed by atoms with Gasteiger partial charge in [-0.3, -0.25) is 4.79 Å². The molecule has 3 amide bonds. The van der Waals surface area contributed by atoms with Gasteiger partial charge in [-0.15, -0.1) is 10.2 Å². The van der Waals surface area contributed by atoms with Crippen molar-refractivity contribution in [1.82, 2.24) is 15.1 Å². The van der Waals surface area contributed by atoms with Crippen molar-refractivity contribution >= 4 is 57.9 Å². The predicted molar refractivity (Wildman–Crippen MR) is 123 cm³/mol. The molecule has 1 fully saturated rings. The molecule has 2 heterocycles. The number of rotatable bonds is 4. The van der Waals surface area contributed by atoms with E-state index in [0.29, 0.717) is 33.0 Å². The minimum absolute atomic E-state index is 0.226. The van der Waals surface area contributed by atoms with Gasteiger partial charge < -0.3 is 15.5 Å². The largest absolute Gasteiger partial charge is 0.322 e. The normalized spacial score (nSPS) is 15.7. The standard InChI is InChI=1S/C21H19Cl2N5O2S/c1-12-4-7-15(11-16(12)23)25-21(30)28-10-2-3-17(28)19-26-27-20(31-19)18(29)24-14-8-5-13(22)6-9-14/h4-9,11,17H,2-3,10H2,1H3,(H,24,29)(H,25,30)/t17-/m1/s1. The third-order valence-corrected chi connectivity index (χ3v) is 6.64. The van der Waals surface area contributed by atoms with Gasteiger partial charge in [-0.1, -0.05) is 40.6 Å². The van der Waals surface area contributed by atoms with Crippen molar-refractivity contribution in [3.05, 3.63) is 68.1 Å². The quantitative estimate of drug-likeness (QED) is 0.500. The Kier molecular flexibility index (Phi) is 6.41. The molecule has 10 heteroatoms. The van der Waals surface area contributed by atoms with Crippen LogP contribution in [0.4, 0.5) is 16.2 Å². The van der Waals surface area contributed by atoms with Gasteiger partial charge in [0, 0.05) is 28.0 Å². The maximum absolute atomic E-state index is 12.8. The average molecular weight is 476 g/mol. The van der Waals surface area contributed by atoms with Gasteiger partial charge in [-0.25, -0.2) is 4.79 Å². The lowest BCUT2D eigenvalue weighted by atomic mass is 10.2. The number of likely N-dealkylation sites (tertiary alicyclic amines) is 1. The lowest BCUT2D eigenvalue weighted by Crippen LogP contribution is -2.34. The highest BCUT2D eigenvalue weighted by molar-refractivity contribution is 7.13. The fourth-order valence-corrected chi connectivity index (χ4v) is 4.50. The molecule has 2 N–H and O–H groups in total. The lowest BCUT2D eigenvalue weighted by molar-refractivity contribution is 0.102. The molecule has 0 aliphatic carbocycles. The number of aryl methyl sites for hydroxylation is 1. The van der Waals surface area contributed by atoms with Gasteiger partial charge in [-0.05, 0) is 61.7 Å². The Morgan fingerprint density at radius 2 is 1.81 bits per heavy atom. The molecule has 1 aliphatic rings. The average Bonchev–Trinajstić information content (AvgIpc) is 3.42. The fourth-order valence-electron chi connectivity index (χ4n) is 3.31. The van der Waals surface area contributed by atoms with E-state index < -0.39 is 0 Å². The number of nitrogens with zero attached hydrogens (tertiary/aromatic N) is 3. The van der Waals surface area contributed by atoms with Crippen LogP contribution in [0.1, 0.15) is 39.3 Å². The second-order valence-corrected chi connectivity index (χ2v) is 9.00. The minimum Gasteiger partial charge on any atom is -0.320 e. The molecule has 0 unspecified atom stereocenters. The third kappa shape index (κ3) is 4.98. The van der Waals surface area contributed by atoms with Crippen LogP contribution in [-0.2, 0) is 0 Å². The molecule has 3 aromatic rings. The molecule has 0 radical (unpaired) electrons. The zero-order chi connectivity index (χ0) is 22.0. The van der Waals surface area contributed by atoms with Crippen molar-refractivity contribution in [2.45, 2.75) is 25.8 Å². The molecular weight excluding hydrogens is 457 g/mol. The van der Waals surface area contributed by atoms with Gasteiger partial charge in [-0.2, -0.15) is 0 Å². The molecule has 1 atom stereocenters. The molecule has 160 valence electrons. The van der Waals surface area contributed by atoms with E-state index in [2.05, 4.69) is 20.8 Å². The molecule has 0 bridgehead atoms. The smallest absolute Gasteiger partial charge is 0.320 e. The van der Waals surface area contributed by atoms with Crippen LogP contribution in [0.3, 0.4) is 0 Å². The Morgan fingerprint density at radius 3 is 2.55 bits per heavy atom. The van der Waals surface area contributed by atoms with Crippen molar-refractivity contribution in [2.75, 3.05) is 17.2 Å². The minimum atomic E-state index is -0.352. The summed E-state index contributed by atoms with van der Waals surface area (Å²) in [5.74, 6) is -0.352. The third-order valence-electron chi connectivity index (χ3n) is 4.96. The zero-order valence-electron chi connectivity index (χ0n) is 16.6. The maximum atomic E-state index is 12.8. The van der Waals surface area contributed by atoms with Crippen molar-refractivity contribution in [3.8, 4) is 0 Å². The molecule has 7 nitrogen and oxygen atoms in total. The van der Waals surface area contributed by atoms with Crippen molar-refractivity contribution in [1.29, 1.82) is 0 Å². The Morgan fingerprint density at radius 1 is 1.06 bits per heavy atom. The van der Waals surface area contributed by atoms with Crippen LogP contribution < -0.4 is 10.6 Å². The van der Waals surface area contributed by atoms with Gasteiger partial charge >= 0.3 is 6.03 Å². The number of carbonyl (C=O) groups is 2. The number of nitrogens with one attached hydrogen (secondary N) is 2. The number of anilines is 2. The number of carbonyl (C=O) groups excluding carboxylic acids is 2. The number of urea groups is 1. The van der Waals surface area contributed by atoms with E-state index >= 15 is 0 Å². The summed E-state index contributed by atoms with van der Waals surface area (Å²) in [6.07, 6.45) is 1.61. The number of amides is 3. The van der Waals surface area contributed by atoms with Gasteiger partial charge in [0.2, 0.25) is 5.01 Å². The summed E-state index contributed by atoms with van der Waals surface area (Å²) in [6.45, 7) is 2.50. The zero-order valence-corrected chi connectivity index (χ0v) is 18.9. The molecule has 1 saturated heterocycles. The Labute approximate surface area is 193 Å². The number of benzene rings is 2. The van der Waals surface area contributed by atoms with Gasteiger partial charge in [0.05, 0.1) is 6.04 Å². The highest BCUT2D eigenvalue weighted by Gasteiger charge is 2.33. The summed E-state index contributed by atoms with van der Waals surface area (Å²) < 4.78 is 0.